The number of likely N-dealkylation sites (tertiary alicyclic amines) is 2. The van der Waals surface area contributed by atoms with E-state index in [0.29, 0.717) is 17.8 Å². The van der Waals surface area contributed by atoms with Crippen LogP contribution < -0.4 is 5.32 Å². The van der Waals surface area contributed by atoms with E-state index in [2.05, 4.69) is 34.3 Å². The van der Waals surface area contributed by atoms with Crippen molar-refractivity contribution >= 4 is 29.7 Å². The zero-order chi connectivity index (χ0) is 26.4. The summed E-state index contributed by atoms with van der Waals surface area (Å²) >= 11 is 6.24. The van der Waals surface area contributed by atoms with E-state index in [0.717, 1.165) is 88.2 Å². The van der Waals surface area contributed by atoms with Gasteiger partial charge in [0.2, 0.25) is 0 Å². The Balaban J connectivity index is 0.000000225. The van der Waals surface area contributed by atoms with Gasteiger partial charge in [-0.15, -0.1) is 0 Å². The zero-order valence-corrected chi connectivity index (χ0v) is 22.1. The summed E-state index contributed by atoms with van der Waals surface area (Å²) in [5.41, 5.74) is 3.22. The second-order valence-corrected chi connectivity index (χ2v) is 11.0. The molecule has 0 saturated carbocycles. The third-order valence-electron chi connectivity index (χ3n) is 7.99. The van der Waals surface area contributed by atoms with E-state index in [1.807, 2.05) is 6.07 Å². The van der Waals surface area contributed by atoms with Crippen molar-refractivity contribution in [3.63, 3.8) is 0 Å². The van der Waals surface area contributed by atoms with Crippen molar-refractivity contribution in [2.45, 2.75) is 37.2 Å². The van der Waals surface area contributed by atoms with Crippen molar-refractivity contribution < 1.29 is 18.7 Å². The molecule has 2 saturated heterocycles. The van der Waals surface area contributed by atoms with Gasteiger partial charge in [-0.25, -0.2) is 8.78 Å². The first-order valence-electron chi connectivity index (χ1n) is 13.0. The fraction of sp³-hybridized carbons (Fsp3) is 0.483. The molecule has 0 aliphatic carbocycles. The Morgan fingerprint density at radius 2 is 1.78 bits per heavy atom. The maximum absolute atomic E-state index is 12.5. The fourth-order valence-electron chi connectivity index (χ4n) is 5.73. The number of anilines is 1. The molecule has 0 amide bonds. The van der Waals surface area contributed by atoms with Crippen LogP contribution in [-0.4, -0.2) is 73.6 Å². The first-order chi connectivity index (χ1) is 17.8. The molecule has 3 aliphatic heterocycles. The molecular formula is C29H36ClF2N3O2. The summed E-state index contributed by atoms with van der Waals surface area (Å²) in [6.07, 6.45) is 7.43. The number of nitrogens with one attached hydrogen (secondary N) is 1. The Labute approximate surface area is 223 Å². The predicted octanol–water partition coefficient (Wildman–Crippen LogP) is 4.98. The summed E-state index contributed by atoms with van der Waals surface area (Å²) < 4.78 is 25.0. The highest BCUT2D eigenvalue weighted by Crippen LogP contribution is 2.45. The van der Waals surface area contributed by atoms with E-state index in [1.165, 1.54) is 23.4 Å². The van der Waals surface area contributed by atoms with Gasteiger partial charge in [-0.05, 0) is 112 Å². The number of benzene rings is 2. The average molecular weight is 532 g/mol. The van der Waals surface area contributed by atoms with Crippen molar-refractivity contribution in [3.05, 3.63) is 70.3 Å². The normalized spacial score (nSPS) is 20.8. The molecule has 1 atom stereocenters. The van der Waals surface area contributed by atoms with Crippen LogP contribution in [0.1, 0.15) is 36.8 Å². The molecule has 1 spiro atoms. The van der Waals surface area contributed by atoms with Crippen molar-refractivity contribution in [1.82, 2.24) is 9.80 Å². The molecule has 3 heterocycles. The Kier molecular flexibility index (Phi) is 9.35. The monoisotopic (exact) mass is 531 g/mol. The smallest absolute Gasteiger partial charge is 0.142 e. The van der Waals surface area contributed by atoms with Gasteiger partial charge in [0.05, 0.1) is 6.10 Å². The number of allylic oxidation sites excluding steroid dienone is 1. The number of piperidine rings is 2. The van der Waals surface area contributed by atoms with E-state index in [9.17, 15) is 18.7 Å². The van der Waals surface area contributed by atoms with Crippen LogP contribution in [0.15, 0.2) is 42.5 Å². The van der Waals surface area contributed by atoms with Crippen LogP contribution >= 0.6 is 11.6 Å². The number of nitrogens with zero attached hydrogens (tertiary/aromatic N) is 2. The summed E-state index contributed by atoms with van der Waals surface area (Å²) in [5, 5.41) is 15.1. The highest BCUT2D eigenvalue weighted by Gasteiger charge is 2.42. The summed E-state index contributed by atoms with van der Waals surface area (Å²) in [7, 11) is 2.17. The van der Waals surface area contributed by atoms with E-state index in [1.54, 1.807) is 0 Å². The second kappa shape index (κ2) is 12.5. The molecule has 5 rings (SSSR count). The molecular weight excluding hydrogens is 496 g/mol. The minimum atomic E-state index is -0.652. The minimum absolute atomic E-state index is 0.175. The molecule has 0 aromatic heterocycles. The molecule has 3 aliphatic rings. The number of fused-ring (bicyclic) bond motifs is 2. The van der Waals surface area contributed by atoms with Crippen molar-refractivity contribution in [1.29, 1.82) is 0 Å². The van der Waals surface area contributed by atoms with Crippen LogP contribution in [0.25, 0.3) is 6.08 Å². The Morgan fingerprint density at radius 3 is 2.43 bits per heavy atom. The van der Waals surface area contributed by atoms with E-state index < -0.39 is 11.6 Å². The number of carbonyl (C=O) groups is 1. The number of rotatable bonds is 5. The molecule has 2 fully saturated rings. The Bertz CT molecular complexity index is 1080. The number of hydrogen-bond donors (Lipinski definition) is 2. The lowest BCUT2D eigenvalue weighted by atomic mass is 9.74. The lowest BCUT2D eigenvalue weighted by Crippen LogP contribution is -2.48. The SMILES string of the molecule is CN1CCC(C(O)CN2CCC3(CC2)CNc2ccc(Cl)cc23)CC1.O=C/C=C/c1cc(F)cc(F)c1. The van der Waals surface area contributed by atoms with E-state index >= 15 is 0 Å². The number of carbonyl (C=O) groups excluding carboxylic acids is 1. The number of β-amino-alcohol motifs (C(OH)–C–C–N with tert-alkyl or cyclic N) is 1. The summed E-state index contributed by atoms with van der Waals surface area (Å²) in [6, 6.07) is 9.30. The molecule has 2 aromatic rings. The van der Waals surface area contributed by atoms with Gasteiger partial charge in [0, 0.05) is 35.3 Å². The topological polar surface area (TPSA) is 55.8 Å². The first-order valence-corrected chi connectivity index (χ1v) is 13.4. The van der Waals surface area contributed by atoms with Crippen LogP contribution in [0.3, 0.4) is 0 Å². The van der Waals surface area contributed by atoms with Gasteiger partial charge in [0.15, 0.2) is 0 Å². The van der Waals surface area contributed by atoms with Crippen molar-refractivity contribution in [2.75, 3.05) is 51.6 Å². The molecule has 2 aromatic carbocycles. The highest BCUT2D eigenvalue weighted by molar-refractivity contribution is 6.30. The molecule has 0 bridgehead atoms. The molecule has 0 radical (unpaired) electrons. The molecule has 37 heavy (non-hydrogen) atoms. The van der Waals surface area contributed by atoms with Crippen LogP contribution in [-0.2, 0) is 10.2 Å². The molecule has 200 valence electrons. The largest absolute Gasteiger partial charge is 0.392 e. The lowest BCUT2D eigenvalue weighted by Gasteiger charge is -2.41. The summed E-state index contributed by atoms with van der Waals surface area (Å²) in [4.78, 5) is 14.7. The third-order valence-corrected chi connectivity index (χ3v) is 8.22. The van der Waals surface area contributed by atoms with Gasteiger partial charge in [0.1, 0.15) is 17.9 Å². The third kappa shape index (κ3) is 7.17. The minimum Gasteiger partial charge on any atom is -0.392 e. The summed E-state index contributed by atoms with van der Waals surface area (Å²) in [6.45, 7) is 6.23. The predicted molar refractivity (Wildman–Crippen MR) is 145 cm³/mol. The standard InChI is InChI=1S/C20H30ClN3O.C9H6F2O/c1-23-8-4-15(5-9-23)19(25)13-24-10-6-20(7-11-24)14-22-18-3-2-16(21)12-17(18)20;10-8-4-7(2-1-3-12)5-9(11)6-8/h2-3,12,15,19,22,25H,4-11,13-14H2,1H3;1-6H/b;2-1+. The van der Waals surface area contributed by atoms with Crippen LogP contribution in [0, 0.1) is 17.6 Å². The number of aldehydes is 1. The first kappa shape index (κ1) is 27.7. The van der Waals surface area contributed by atoms with Gasteiger partial charge in [-0.3, -0.25) is 4.79 Å². The van der Waals surface area contributed by atoms with Crippen molar-refractivity contribution in [2.24, 2.45) is 5.92 Å². The van der Waals surface area contributed by atoms with Crippen LogP contribution in [0.5, 0.6) is 0 Å². The second-order valence-electron chi connectivity index (χ2n) is 10.5. The fourth-order valence-corrected chi connectivity index (χ4v) is 5.90. The maximum atomic E-state index is 12.5. The Hall–Kier alpha value is -2.32. The lowest BCUT2D eigenvalue weighted by molar-refractivity contribution is -0.104. The van der Waals surface area contributed by atoms with E-state index in [-0.39, 0.29) is 11.5 Å². The maximum Gasteiger partial charge on any atom is 0.142 e. The van der Waals surface area contributed by atoms with E-state index in [4.69, 9.17) is 11.6 Å². The van der Waals surface area contributed by atoms with Gasteiger partial charge < -0.3 is 20.2 Å². The molecule has 8 heteroatoms. The average Bonchev–Trinajstić information content (AvgIpc) is 3.21. The zero-order valence-electron chi connectivity index (χ0n) is 21.3. The quantitative estimate of drug-likeness (QED) is 0.421. The van der Waals surface area contributed by atoms with Crippen LogP contribution in [0.2, 0.25) is 5.02 Å². The molecule has 2 N–H and O–H groups in total. The molecule has 5 nitrogen and oxygen atoms in total. The van der Waals surface area contributed by atoms with Crippen LogP contribution in [0.4, 0.5) is 14.5 Å². The van der Waals surface area contributed by atoms with Gasteiger partial charge in [-0.2, -0.15) is 0 Å². The summed E-state index contributed by atoms with van der Waals surface area (Å²) in [5.74, 6) is -0.833. The van der Waals surface area contributed by atoms with Gasteiger partial charge in [-0.1, -0.05) is 17.7 Å². The van der Waals surface area contributed by atoms with Gasteiger partial charge in [0.25, 0.3) is 0 Å². The Morgan fingerprint density at radius 1 is 1.11 bits per heavy atom. The highest BCUT2D eigenvalue weighted by atomic mass is 35.5. The van der Waals surface area contributed by atoms with Crippen molar-refractivity contribution in [3.8, 4) is 0 Å². The molecule has 1 unspecified atom stereocenters. The number of aliphatic hydroxyl groups is 1. The number of aliphatic hydroxyl groups excluding tert-OH is 1. The number of hydrogen-bond acceptors (Lipinski definition) is 5. The number of halogens is 3. The van der Waals surface area contributed by atoms with Gasteiger partial charge >= 0.3 is 0 Å².